The van der Waals surface area contributed by atoms with E-state index in [0.717, 1.165) is 23.7 Å². The molecule has 2 aliphatic rings. The highest BCUT2D eigenvalue weighted by molar-refractivity contribution is 5.83. The van der Waals surface area contributed by atoms with E-state index in [-0.39, 0.29) is 11.0 Å². The van der Waals surface area contributed by atoms with Crippen LogP contribution in [0, 0.1) is 5.92 Å². The molecule has 208 valence electrons. The van der Waals surface area contributed by atoms with Gasteiger partial charge < -0.3 is 35.7 Å². The summed E-state index contributed by atoms with van der Waals surface area (Å²) < 4.78 is 1.41. The zero-order valence-corrected chi connectivity index (χ0v) is 21.3. The highest BCUT2D eigenvalue weighted by atomic mass is 16.4. The number of benzene rings is 2. The molecular formula is C27H32N4O8. The van der Waals surface area contributed by atoms with Crippen LogP contribution >= 0.6 is 0 Å². The lowest BCUT2D eigenvalue weighted by atomic mass is 10.0. The normalized spacial score (nSPS) is 19.7. The summed E-state index contributed by atoms with van der Waals surface area (Å²) in [6.45, 7) is 3.56. The minimum absolute atomic E-state index is 0. The highest BCUT2D eigenvalue weighted by Crippen LogP contribution is 2.35. The van der Waals surface area contributed by atoms with Crippen LogP contribution in [0.3, 0.4) is 0 Å². The Bertz CT molecular complexity index is 1310. The van der Waals surface area contributed by atoms with E-state index in [1.807, 2.05) is 24.3 Å². The molecule has 5 rings (SSSR count). The van der Waals surface area contributed by atoms with Crippen LogP contribution in [0.25, 0.3) is 16.8 Å². The molecule has 2 fully saturated rings. The summed E-state index contributed by atoms with van der Waals surface area (Å²) in [6.07, 6.45) is -1.61. The van der Waals surface area contributed by atoms with Gasteiger partial charge in [0.15, 0.2) is 12.2 Å². The van der Waals surface area contributed by atoms with Gasteiger partial charge in [-0.05, 0) is 60.8 Å². The number of aliphatic hydroxyl groups is 2. The first kappa shape index (κ1) is 29.5. The van der Waals surface area contributed by atoms with Gasteiger partial charge in [0, 0.05) is 43.6 Å². The molecule has 12 nitrogen and oxygen atoms in total. The maximum atomic E-state index is 11.9. The number of likely N-dealkylation sites (tertiary alicyclic amines) is 1. The Hall–Kier alpha value is -4.10. The molecule has 0 unspecified atom stereocenters. The molecule has 2 saturated heterocycles. The maximum absolute atomic E-state index is 11.9. The summed E-state index contributed by atoms with van der Waals surface area (Å²) in [6, 6.07) is 20.7. The Morgan fingerprint density at radius 1 is 0.872 bits per heavy atom. The van der Waals surface area contributed by atoms with Gasteiger partial charge in [-0.15, -0.1) is 0 Å². The van der Waals surface area contributed by atoms with E-state index in [2.05, 4.69) is 46.2 Å². The number of anilines is 1. The Balaban J connectivity index is 0.000000330. The highest BCUT2D eigenvalue weighted by Gasteiger charge is 2.39. The van der Waals surface area contributed by atoms with Gasteiger partial charge in [0.1, 0.15) is 0 Å². The van der Waals surface area contributed by atoms with E-state index in [4.69, 9.17) is 20.4 Å². The molecule has 39 heavy (non-hydrogen) atoms. The van der Waals surface area contributed by atoms with Gasteiger partial charge in [-0.25, -0.2) is 9.59 Å². The number of carboxylic acid groups (broad SMARTS) is 2. The predicted octanol–water partition coefficient (Wildman–Crippen LogP) is 0.0925. The molecule has 12 heteroatoms. The number of fused-ring (bicyclic) bond motifs is 1. The average molecular weight is 541 g/mol. The molecule has 0 saturated carbocycles. The van der Waals surface area contributed by atoms with Crippen LogP contribution in [0.1, 0.15) is 6.42 Å². The SMILES string of the molecule is CN1C[C@H]2CCN(c3ccc(-c4ccc(-n5ncccc5=O)cc4)cc3)[C@H]2C1.O.O=C(O)[C@H](O)[C@@H](O)C(=O)O. The fourth-order valence-electron chi connectivity index (χ4n) is 4.96. The molecule has 2 aliphatic heterocycles. The van der Waals surface area contributed by atoms with Crippen LogP contribution in [0.15, 0.2) is 71.7 Å². The van der Waals surface area contributed by atoms with Crippen molar-refractivity contribution in [3.8, 4) is 16.8 Å². The van der Waals surface area contributed by atoms with E-state index >= 15 is 0 Å². The van der Waals surface area contributed by atoms with Crippen LogP contribution in [0.5, 0.6) is 0 Å². The number of rotatable bonds is 6. The van der Waals surface area contributed by atoms with Gasteiger partial charge in [-0.1, -0.05) is 24.3 Å². The van der Waals surface area contributed by atoms with Gasteiger partial charge >= 0.3 is 11.9 Å². The molecule has 4 atom stereocenters. The number of aromatic nitrogens is 2. The lowest BCUT2D eigenvalue weighted by Crippen LogP contribution is -2.39. The van der Waals surface area contributed by atoms with Crippen LogP contribution in [0.4, 0.5) is 5.69 Å². The van der Waals surface area contributed by atoms with Crippen molar-refractivity contribution >= 4 is 17.6 Å². The maximum Gasteiger partial charge on any atom is 0.335 e. The number of likely N-dealkylation sites (N-methyl/N-ethyl adjacent to an activating group) is 1. The molecule has 3 heterocycles. The Morgan fingerprint density at radius 2 is 1.41 bits per heavy atom. The topological polar surface area (TPSA) is 188 Å². The van der Waals surface area contributed by atoms with Gasteiger partial charge in [-0.3, -0.25) is 4.79 Å². The predicted molar refractivity (Wildman–Crippen MR) is 143 cm³/mol. The number of carbonyl (C=O) groups is 2. The van der Waals surface area contributed by atoms with Crippen LogP contribution in [-0.4, -0.2) is 97.5 Å². The minimum atomic E-state index is -2.27. The third-order valence-electron chi connectivity index (χ3n) is 6.90. The first-order valence-electron chi connectivity index (χ1n) is 12.2. The van der Waals surface area contributed by atoms with Crippen molar-refractivity contribution in [3.63, 3.8) is 0 Å². The summed E-state index contributed by atoms with van der Waals surface area (Å²) >= 11 is 0. The number of aliphatic hydroxyl groups excluding tert-OH is 2. The second-order valence-electron chi connectivity index (χ2n) is 9.46. The van der Waals surface area contributed by atoms with Gasteiger partial charge in [-0.2, -0.15) is 9.78 Å². The van der Waals surface area contributed by atoms with Gasteiger partial charge in [0.25, 0.3) is 5.56 Å². The van der Waals surface area contributed by atoms with Crippen LogP contribution in [0.2, 0.25) is 0 Å². The number of nitrogens with zero attached hydrogens (tertiary/aromatic N) is 4. The minimum Gasteiger partial charge on any atom is -0.479 e. The molecule has 0 aliphatic carbocycles. The fourth-order valence-corrected chi connectivity index (χ4v) is 4.96. The van der Waals surface area contributed by atoms with Crippen molar-refractivity contribution in [2.24, 2.45) is 5.92 Å². The van der Waals surface area contributed by atoms with E-state index < -0.39 is 24.1 Å². The number of aliphatic carboxylic acids is 2. The monoisotopic (exact) mass is 540 g/mol. The van der Waals surface area contributed by atoms with Crippen LogP contribution in [-0.2, 0) is 9.59 Å². The molecule has 0 spiro atoms. The number of hydrogen-bond donors (Lipinski definition) is 4. The summed E-state index contributed by atoms with van der Waals surface area (Å²) in [5.74, 6) is -2.72. The Labute approximate surface area is 224 Å². The second-order valence-corrected chi connectivity index (χ2v) is 9.46. The van der Waals surface area contributed by atoms with E-state index in [1.54, 1.807) is 12.3 Å². The molecule has 3 aromatic rings. The van der Waals surface area contributed by atoms with E-state index in [0.29, 0.717) is 6.04 Å². The Kier molecular flexibility index (Phi) is 9.54. The molecule has 2 aromatic carbocycles. The van der Waals surface area contributed by atoms with Crippen molar-refractivity contribution < 1.29 is 35.5 Å². The van der Waals surface area contributed by atoms with Gasteiger partial charge in [0.05, 0.1) is 5.69 Å². The molecule has 0 radical (unpaired) electrons. The zero-order chi connectivity index (χ0) is 27.4. The molecule has 1 aromatic heterocycles. The largest absolute Gasteiger partial charge is 0.479 e. The Morgan fingerprint density at radius 3 is 1.92 bits per heavy atom. The van der Waals surface area contributed by atoms with Crippen molar-refractivity contribution in [1.29, 1.82) is 0 Å². The summed E-state index contributed by atoms with van der Waals surface area (Å²) in [4.78, 5) is 36.5. The van der Waals surface area contributed by atoms with E-state index in [9.17, 15) is 14.4 Å². The molecule has 0 bridgehead atoms. The van der Waals surface area contributed by atoms with Crippen molar-refractivity contribution in [2.75, 3.05) is 31.6 Å². The quantitative estimate of drug-likeness (QED) is 0.334. The summed E-state index contributed by atoms with van der Waals surface area (Å²) in [5.41, 5.74) is 4.30. The number of carboxylic acids is 2. The lowest BCUT2D eigenvalue weighted by Gasteiger charge is -2.26. The fraction of sp³-hybridized carbons (Fsp3) is 0.333. The van der Waals surface area contributed by atoms with E-state index in [1.165, 1.54) is 41.5 Å². The van der Waals surface area contributed by atoms with Crippen molar-refractivity contribution in [1.82, 2.24) is 14.7 Å². The zero-order valence-electron chi connectivity index (χ0n) is 21.3. The second kappa shape index (κ2) is 12.6. The first-order valence-corrected chi connectivity index (χ1v) is 12.2. The van der Waals surface area contributed by atoms with Crippen molar-refractivity contribution in [3.05, 3.63) is 77.2 Å². The average Bonchev–Trinajstić information content (AvgIpc) is 3.47. The third-order valence-corrected chi connectivity index (χ3v) is 6.90. The molecular weight excluding hydrogens is 508 g/mol. The summed E-state index contributed by atoms with van der Waals surface area (Å²) in [5, 5.41) is 36.7. The smallest absolute Gasteiger partial charge is 0.335 e. The first-order chi connectivity index (χ1) is 18.2. The lowest BCUT2D eigenvalue weighted by molar-refractivity contribution is -0.165. The number of hydrogen-bond acceptors (Lipinski definition) is 8. The van der Waals surface area contributed by atoms with Crippen LogP contribution < -0.4 is 10.5 Å². The molecule has 0 amide bonds. The summed E-state index contributed by atoms with van der Waals surface area (Å²) in [7, 11) is 2.22. The third kappa shape index (κ3) is 6.67. The van der Waals surface area contributed by atoms with Gasteiger partial charge in [0.2, 0.25) is 0 Å². The molecule has 6 N–H and O–H groups in total. The van der Waals surface area contributed by atoms with Crippen molar-refractivity contribution in [2.45, 2.75) is 24.7 Å². The standard InChI is InChI=1S/C23H24N4O.C4H6O6.H2O/c1-25-15-19-12-14-26(22(19)16-25)20-8-4-17(5-9-20)18-6-10-21(11-7-18)27-23(28)3-2-13-24-27;5-1(3(7)8)2(6)4(9)10;/h2-11,13,19,22H,12,14-16H2,1H3;1-2,5-6H,(H,7,8)(H,9,10);1H2/t19-,22+;1-,2-;/m11./s1.